The molecule has 0 aliphatic heterocycles. The Hall–Kier alpha value is -3.48. The number of hydrogen-bond acceptors (Lipinski definition) is 4. The Morgan fingerprint density at radius 1 is 1.21 bits per heavy atom. The fraction of sp³-hybridized carbons (Fsp3) is 0.344. The van der Waals surface area contributed by atoms with Gasteiger partial charge in [0.05, 0.1) is 12.2 Å². The van der Waals surface area contributed by atoms with Crippen LogP contribution in [0.25, 0.3) is 11.6 Å². The lowest BCUT2D eigenvalue weighted by molar-refractivity contribution is -0.138. The van der Waals surface area contributed by atoms with Gasteiger partial charge in [-0.1, -0.05) is 49.4 Å². The number of benzene rings is 2. The Morgan fingerprint density at radius 3 is 2.69 bits per heavy atom. The maximum Gasteiger partial charge on any atom is 0.338 e. The van der Waals surface area contributed by atoms with Gasteiger partial charge < -0.3 is 14.8 Å². The quantitative estimate of drug-likeness (QED) is 0.145. The van der Waals surface area contributed by atoms with Crippen LogP contribution in [0.5, 0.6) is 0 Å². The number of rotatable bonds is 10. The van der Waals surface area contributed by atoms with E-state index < -0.39 is 0 Å². The van der Waals surface area contributed by atoms with Crippen LogP contribution >= 0.6 is 11.6 Å². The molecule has 0 unspecified atom stereocenters. The molecule has 1 N–H and O–H groups in total. The highest BCUT2D eigenvalue weighted by molar-refractivity contribution is 6.31. The second-order valence-corrected chi connectivity index (χ2v) is 9.74. The molecule has 0 bridgehead atoms. The minimum absolute atomic E-state index is 0.322. The van der Waals surface area contributed by atoms with Crippen LogP contribution in [0, 0.1) is 6.92 Å². The lowest BCUT2D eigenvalue weighted by Crippen LogP contribution is -2.14. The molecule has 3 rings (SSSR count). The van der Waals surface area contributed by atoms with Gasteiger partial charge in [-0.2, -0.15) is 0 Å². The van der Waals surface area contributed by atoms with E-state index >= 15 is 0 Å². The van der Waals surface area contributed by atoms with E-state index in [1.807, 2.05) is 38.1 Å². The first-order chi connectivity index (χ1) is 18.8. The number of nitrogens with one attached hydrogen (secondary N) is 1. The second-order valence-electron chi connectivity index (χ2n) is 9.34. The van der Waals surface area contributed by atoms with Crippen LogP contribution in [0.2, 0.25) is 5.02 Å². The molecule has 0 aromatic heterocycles. The van der Waals surface area contributed by atoms with Gasteiger partial charge in [0.15, 0.2) is 5.84 Å². The van der Waals surface area contributed by atoms with Crippen LogP contribution in [0.4, 0.5) is 5.69 Å². The normalized spacial score (nSPS) is 14.2. The zero-order valence-electron chi connectivity index (χ0n) is 23.6. The molecule has 0 spiro atoms. The first-order valence-electron chi connectivity index (χ1n) is 13.3. The van der Waals surface area contributed by atoms with E-state index in [0.29, 0.717) is 48.4 Å². The van der Waals surface area contributed by atoms with E-state index in [2.05, 4.69) is 43.1 Å². The minimum Gasteiger partial charge on any atom is -0.462 e. The van der Waals surface area contributed by atoms with Crippen LogP contribution in [0.15, 0.2) is 70.2 Å². The number of aryl methyl sites for hydroxylation is 1. The number of halogens is 1. The number of aliphatic imine (C=N–C) groups is 2. The molecule has 0 radical (unpaired) electrons. The average Bonchev–Trinajstić information content (AvgIpc) is 2.90. The highest BCUT2D eigenvalue weighted by Gasteiger charge is 2.21. The van der Waals surface area contributed by atoms with Gasteiger partial charge in [0.2, 0.25) is 0 Å². The highest BCUT2D eigenvalue weighted by atomic mass is 35.5. The molecule has 6 nitrogen and oxygen atoms in total. The Bertz CT molecular complexity index is 1340. The molecule has 2 aromatic carbocycles. The first-order valence-corrected chi connectivity index (χ1v) is 13.7. The van der Waals surface area contributed by atoms with Crippen LogP contribution < -0.4 is 5.32 Å². The Morgan fingerprint density at radius 2 is 2.00 bits per heavy atom. The minimum atomic E-state index is -0.342. The van der Waals surface area contributed by atoms with Crippen molar-refractivity contribution in [1.82, 2.24) is 0 Å². The lowest BCUT2D eigenvalue weighted by Gasteiger charge is -2.19. The molecule has 1 aliphatic carbocycles. The Balaban J connectivity index is 2.01. The van der Waals surface area contributed by atoms with E-state index in [-0.39, 0.29) is 5.97 Å². The molecule has 2 aromatic rings. The molecule has 206 valence electrons. The fourth-order valence-electron chi connectivity index (χ4n) is 4.24. The summed E-state index contributed by atoms with van der Waals surface area (Å²) in [7, 11) is 1.69. The van der Waals surface area contributed by atoms with Crippen molar-refractivity contribution in [3.05, 3.63) is 87.5 Å². The predicted octanol–water partition coefficient (Wildman–Crippen LogP) is 7.47. The molecule has 0 amide bonds. The third kappa shape index (κ3) is 8.25. The van der Waals surface area contributed by atoms with Gasteiger partial charge in [0.25, 0.3) is 0 Å². The zero-order chi connectivity index (χ0) is 28.4. The highest BCUT2D eigenvalue weighted by Crippen LogP contribution is 2.31. The molecule has 0 saturated heterocycles. The molecule has 0 heterocycles. The Labute approximate surface area is 237 Å². The number of allylic oxidation sites excluding steroid dienone is 1. The summed E-state index contributed by atoms with van der Waals surface area (Å²) >= 11 is 6.32. The van der Waals surface area contributed by atoms with Gasteiger partial charge in [-0.15, -0.1) is 0 Å². The first kappa shape index (κ1) is 30.1. The number of amidine groups is 2. The second kappa shape index (κ2) is 14.6. The monoisotopic (exact) mass is 547 g/mol. The molecule has 0 atom stereocenters. The van der Waals surface area contributed by atoms with Crippen molar-refractivity contribution in [2.45, 2.75) is 47.0 Å². The average molecular weight is 548 g/mol. The summed E-state index contributed by atoms with van der Waals surface area (Å²) < 4.78 is 10.5. The summed E-state index contributed by atoms with van der Waals surface area (Å²) in [5.41, 5.74) is 7.14. The molecule has 39 heavy (non-hydrogen) atoms. The number of hydrogen-bond donors (Lipinski definition) is 1. The van der Waals surface area contributed by atoms with Gasteiger partial charge in [-0.05, 0) is 92.1 Å². The van der Waals surface area contributed by atoms with Gasteiger partial charge in [0, 0.05) is 36.5 Å². The molecule has 1 aliphatic rings. The van der Waals surface area contributed by atoms with Crippen LogP contribution in [0.1, 0.15) is 55.9 Å². The van der Waals surface area contributed by atoms with E-state index in [1.165, 1.54) is 0 Å². The van der Waals surface area contributed by atoms with Gasteiger partial charge >= 0.3 is 5.97 Å². The number of nitrogens with zero attached hydrogens (tertiary/aromatic N) is 2. The van der Waals surface area contributed by atoms with Gasteiger partial charge in [-0.25, -0.2) is 9.79 Å². The van der Waals surface area contributed by atoms with Crippen molar-refractivity contribution in [3.8, 4) is 0 Å². The number of esters is 1. The Kier molecular flexibility index (Phi) is 11.3. The summed E-state index contributed by atoms with van der Waals surface area (Å²) in [6, 6.07) is 12.1. The number of anilines is 1. The number of carbonyl (C=O) groups excluding carboxylic acids is 1. The number of ether oxygens (including phenoxy) is 2. The summed E-state index contributed by atoms with van der Waals surface area (Å²) in [6.07, 6.45) is 6.20. The van der Waals surface area contributed by atoms with Crippen LogP contribution in [-0.2, 0) is 20.7 Å². The summed E-state index contributed by atoms with van der Waals surface area (Å²) in [5, 5.41) is 4.03. The van der Waals surface area contributed by atoms with Crippen molar-refractivity contribution >= 4 is 46.6 Å². The molecular formula is C32H38ClN3O3. The van der Waals surface area contributed by atoms with Crippen LogP contribution in [-0.4, -0.2) is 44.5 Å². The maximum absolute atomic E-state index is 12.5. The van der Waals surface area contributed by atoms with Crippen molar-refractivity contribution in [3.63, 3.8) is 0 Å². The summed E-state index contributed by atoms with van der Waals surface area (Å²) in [6.45, 7) is 13.4. The largest absolute Gasteiger partial charge is 0.462 e. The smallest absolute Gasteiger partial charge is 0.338 e. The van der Waals surface area contributed by atoms with E-state index in [9.17, 15) is 4.79 Å². The van der Waals surface area contributed by atoms with Crippen molar-refractivity contribution < 1.29 is 14.3 Å². The molecule has 0 fully saturated rings. The number of methoxy groups -OCH3 is 1. The topological polar surface area (TPSA) is 72.3 Å². The van der Waals surface area contributed by atoms with Crippen molar-refractivity contribution in [2.24, 2.45) is 9.98 Å². The van der Waals surface area contributed by atoms with Gasteiger partial charge in [0.1, 0.15) is 5.84 Å². The van der Waals surface area contributed by atoms with Crippen molar-refractivity contribution in [2.75, 3.05) is 32.2 Å². The standard InChI is InChI=1S/C32H38ClN3O3/c1-7-10-28(25-13-12-24-17-22(4)29(19-26(24)18-25)32(37)39-8-2)31(34-15-9-16-38-6)36-23(5)35-27-14-11-21(3)30(33)20-27/h10-14,18-20H,4,7-9,15-17H2,1-3,5-6H3,(H,34,35,36)/b28-10-. The summed E-state index contributed by atoms with van der Waals surface area (Å²) in [4.78, 5) is 22.3. The van der Waals surface area contributed by atoms with E-state index in [4.69, 9.17) is 31.1 Å². The molecule has 0 saturated carbocycles. The number of fused-ring (bicyclic) bond motifs is 1. The molecule has 7 heteroatoms. The maximum atomic E-state index is 12.5. The van der Waals surface area contributed by atoms with Crippen LogP contribution in [0.3, 0.4) is 0 Å². The van der Waals surface area contributed by atoms with E-state index in [0.717, 1.165) is 51.9 Å². The third-order valence-electron chi connectivity index (χ3n) is 6.22. The summed E-state index contributed by atoms with van der Waals surface area (Å²) in [5.74, 6) is 0.984. The molecular weight excluding hydrogens is 510 g/mol. The zero-order valence-corrected chi connectivity index (χ0v) is 24.3. The number of carbonyl (C=O) groups is 1. The SMILES string of the molecule is C=C1Cc2ccc(/C(=C/CC)C(N=C(C)Nc3ccc(C)c(Cl)c3)=NCCCOC)cc2C=C1C(=O)OCC. The third-order valence-corrected chi connectivity index (χ3v) is 6.63. The van der Waals surface area contributed by atoms with Gasteiger partial charge in [-0.3, -0.25) is 4.99 Å². The van der Waals surface area contributed by atoms with E-state index in [1.54, 1.807) is 14.0 Å². The lowest BCUT2D eigenvalue weighted by atomic mass is 9.86. The predicted molar refractivity (Wildman–Crippen MR) is 164 cm³/mol. The van der Waals surface area contributed by atoms with Crippen molar-refractivity contribution in [1.29, 1.82) is 0 Å². The fourth-order valence-corrected chi connectivity index (χ4v) is 4.42.